The number of hydrogen-bond acceptors (Lipinski definition) is 4. The van der Waals surface area contributed by atoms with Gasteiger partial charge in [-0.15, -0.1) is 0 Å². The highest BCUT2D eigenvalue weighted by atomic mass is 19.1. The van der Waals surface area contributed by atoms with Gasteiger partial charge in [0, 0.05) is 24.3 Å². The zero-order valence-corrected chi connectivity index (χ0v) is 12.3. The molecule has 114 valence electrons. The summed E-state index contributed by atoms with van der Waals surface area (Å²) in [5, 5.41) is 0. The molecular weight excluding hydrogens is 287 g/mol. The number of methoxy groups -OCH3 is 1. The number of hydrogen-bond donors (Lipinski definition) is 0. The summed E-state index contributed by atoms with van der Waals surface area (Å²) in [6.07, 6.45) is 0.592. The number of rotatable bonds is 2. The zero-order valence-electron chi connectivity index (χ0n) is 12.3. The lowest BCUT2D eigenvalue weighted by Crippen LogP contribution is -2.18. The molecule has 4 nitrogen and oxygen atoms in total. The lowest BCUT2D eigenvalue weighted by molar-refractivity contribution is 0.0561. The number of esters is 1. The summed E-state index contributed by atoms with van der Waals surface area (Å²) >= 11 is 0. The molecule has 1 heterocycles. The first-order chi connectivity index (χ1) is 10.5. The number of benzene rings is 1. The molecule has 1 aromatic carbocycles. The van der Waals surface area contributed by atoms with Gasteiger partial charge in [0.05, 0.1) is 12.7 Å². The predicted molar refractivity (Wildman–Crippen MR) is 76.6 cm³/mol. The molecule has 0 aliphatic heterocycles. The maximum absolute atomic E-state index is 13.9. The van der Waals surface area contributed by atoms with Crippen molar-refractivity contribution in [2.24, 2.45) is 0 Å². The minimum absolute atomic E-state index is 0.0510. The maximum Gasteiger partial charge on any atom is 0.374 e. The fourth-order valence-electron chi connectivity index (χ4n) is 3.02. The molecule has 0 fully saturated rings. The van der Waals surface area contributed by atoms with Crippen LogP contribution in [-0.2, 0) is 11.2 Å². The van der Waals surface area contributed by atoms with E-state index < -0.39 is 5.97 Å². The smallest absolute Gasteiger partial charge is 0.374 e. The number of carbonyl (C=O) groups is 2. The van der Waals surface area contributed by atoms with E-state index in [1.54, 1.807) is 25.1 Å². The predicted octanol–water partition coefficient (Wildman–Crippen LogP) is 3.43. The van der Waals surface area contributed by atoms with Crippen LogP contribution < -0.4 is 0 Å². The highest BCUT2D eigenvalue weighted by Crippen LogP contribution is 2.37. The summed E-state index contributed by atoms with van der Waals surface area (Å²) in [6, 6.07) is 6.41. The molecule has 1 aliphatic rings. The van der Waals surface area contributed by atoms with Crippen LogP contribution in [0.2, 0.25) is 0 Å². The molecule has 0 amide bonds. The third kappa shape index (κ3) is 2.22. The van der Waals surface area contributed by atoms with Gasteiger partial charge in [0.1, 0.15) is 11.6 Å². The van der Waals surface area contributed by atoms with Crippen molar-refractivity contribution in [1.82, 2.24) is 0 Å². The van der Waals surface area contributed by atoms with Crippen molar-refractivity contribution in [2.75, 3.05) is 7.11 Å². The molecule has 2 aromatic rings. The van der Waals surface area contributed by atoms with Crippen LogP contribution in [0.1, 0.15) is 50.1 Å². The number of furan rings is 1. The van der Waals surface area contributed by atoms with Crippen LogP contribution in [0.3, 0.4) is 0 Å². The number of fused-ring (bicyclic) bond motifs is 1. The van der Waals surface area contributed by atoms with E-state index >= 15 is 0 Å². The molecule has 1 unspecified atom stereocenters. The van der Waals surface area contributed by atoms with Crippen LogP contribution in [0.15, 0.2) is 28.7 Å². The van der Waals surface area contributed by atoms with E-state index in [1.165, 1.54) is 13.2 Å². The lowest BCUT2D eigenvalue weighted by Gasteiger charge is -2.21. The highest BCUT2D eigenvalue weighted by Gasteiger charge is 2.34. The molecule has 0 saturated carbocycles. The van der Waals surface area contributed by atoms with Crippen LogP contribution >= 0.6 is 0 Å². The number of ketones is 1. The van der Waals surface area contributed by atoms with E-state index in [-0.39, 0.29) is 29.7 Å². The Bertz CT molecular complexity index is 760. The normalized spacial score (nSPS) is 17.2. The SMILES string of the molecule is COC(=O)c1oc2c(c1C)C(=O)CC(c1ccccc1F)C2. The minimum atomic E-state index is -0.609. The van der Waals surface area contributed by atoms with Gasteiger partial charge in [-0.25, -0.2) is 9.18 Å². The number of Topliss-reactive ketones (excluding diaryl/α,β-unsaturated/α-hetero) is 1. The first kappa shape index (κ1) is 14.5. The molecule has 0 radical (unpaired) electrons. The Morgan fingerprint density at radius 3 is 2.73 bits per heavy atom. The van der Waals surface area contributed by atoms with Crippen molar-refractivity contribution in [3.05, 3.63) is 58.3 Å². The summed E-state index contributed by atoms with van der Waals surface area (Å²) in [5.74, 6) is -0.872. The molecule has 3 rings (SSSR count). The molecule has 0 N–H and O–H groups in total. The molecule has 0 bridgehead atoms. The Hall–Kier alpha value is -2.43. The minimum Gasteiger partial charge on any atom is -0.463 e. The van der Waals surface area contributed by atoms with Crippen molar-refractivity contribution in [3.63, 3.8) is 0 Å². The van der Waals surface area contributed by atoms with Crippen LogP contribution in [0, 0.1) is 12.7 Å². The third-order valence-corrected chi connectivity index (χ3v) is 4.08. The maximum atomic E-state index is 13.9. The topological polar surface area (TPSA) is 56.5 Å². The van der Waals surface area contributed by atoms with Gasteiger partial charge in [-0.3, -0.25) is 4.79 Å². The van der Waals surface area contributed by atoms with Gasteiger partial charge in [-0.1, -0.05) is 18.2 Å². The molecular formula is C17H15FO4. The average molecular weight is 302 g/mol. The monoisotopic (exact) mass is 302 g/mol. The van der Waals surface area contributed by atoms with Gasteiger partial charge in [0.15, 0.2) is 5.78 Å². The summed E-state index contributed by atoms with van der Waals surface area (Å²) in [5.41, 5.74) is 1.43. The van der Waals surface area contributed by atoms with E-state index in [2.05, 4.69) is 4.74 Å². The van der Waals surface area contributed by atoms with Crippen LogP contribution in [0.5, 0.6) is 0 Å². The van der Waals surface area contributed by atoms with E-state index in [1.807, 2.05) is 0 Å². The van der Waals surface area contributed by atoms with Crippen LogP contribution in [0.4, 0.5) is 4.39 Å². The second-order valence-electron chi connectivity index (χ2n) is 5.40. The average Bonchev–Trinajstić information content (AvgIpc) is 2.84. The Balaban J connectivity index is 2.02. The summed E-state index contributed by atoms with van der Waals surface area (Å²) < 4.78 is 24.1. The Morgan fingerprint density at radius 1 is 1.32 bits per heavy atom. The summed E-state index contributed by atoms with van der Waals surface area (Å²) in [4.78, 5) is 24.1. The number of carbonyl (C=O) groups excluding carboxylic acids is 2. The van der Waals surface area contributed by atoms with Gasteiger partial charge in [-0.05, 0) is 18.6 Å². The molecule has 1 atom stereocenters. The van der Waals surface area contributed by atoms with Crippen molar-refractivity contribution in [3.8, 4) is 0 Å². The fourth-order valence-corrected chi connectivity index (χ4v) is 3.02. The van der Waals surface area contributed by atoms with E-state index in [0.717, 1.165) is 0 Å². The fraction of sp³-hybridized carbons (Fsp3) is 0.294. The molecule has 0 spiro atoms. The molecule has 5 heteroatoms. The Morgan fingerprint density at radius 2 is 2.05 bits per heavy atom. The van der Waals surface area contributed by atoms with Crippen LogP contribution in [0.25, 0.3) is 0 Å². The van der Waals surface area contributed by atoms with Gasteiger partial charge in [0.25, 0.3) is 0 Å². The molecule has 0 saturated heterocycles. The second kappa shape index (κ2) is 5.40. The first-order valence-corrected chi connectivity index (χ1v) is 7.01. The highest BCUT2D eigenvalue weighted by molar-refractivity contribution is 6.03. The Labute approximate surface area is 126 Å². The van der Waals surface area contributed by atoms with Gasteiger partial charge in [0.2, 0.25) is 5.76 Å². The van der Waals surface area contributed by atoms with Gasteiger partial charge < -0.3 is 9.15 Å². The van der Waals surface area contributed by atoms with E-state index in [4.69, 9.17) is 4.42 Å². The molecule has 1 aromatic heterocycles. The van der Waals surface area contributed by atoms with Crippen LogP contribution in [-0.4, -0.2) is 18.9 Å². The van der Waals surface area contributed by atoms with Gasteiger partial charge >= 0.3 is 5.97 Å². The molecule has 1 aliphatic carbocycles. The van der Waals surface area contributed by atoms with E-state index in [0.29, 0.717) is 28.9 Å². The zero-order chi connectivity index (χ0) is 15.9. The van der Waals surface area contributed by atoms with Crippen molar-refractivity contribution < 1.29 is 23.1 Å². The first-order valence-electron chi connectivity index (χ1n) is 7.01. The van der Waals surface area contributed by atoms with E-state index in [9.17, 15) is 14.0 Å². The van der Waals surface area contributed by atoms with Crippen molar-refractivity contribution >= 4 is 11.8 Å². The third-order valence-electron chi connectivity index (χ3n) is 4.08. The van der Waals surface area contributed by atoms with Gasteiger partial charge in [-0.2, -0.15) is 0 Å². The second-order valence-corrected chi connectivity index (χ2v) is 5.40. The number of halogens is 1. The van der Waals surface area contributed by atoms with Crippen molar-refractivity contribution in [1.29, 1.82) is 0 Å². The molecule has 22 heavy (non-hydrogen) atoms. The lowest BCUT2D eigenvalue weighted by atomic mass is 9.81. The standard InChI is InChI=1S/C17H15FO4/c1-9-15-13(19)7-10(11-5-3-4-6-12(11)18)8-14(15)22-16(9)17(20)21-2/h3-6,10H,7-8H2,1-2H3. The summed E-state index contributed by atoms with van der Waals surface area (Å²) in [7, 11) is 1.26. The Kier molecular flexibility index (Phi) is 3.56. The van der Waals surface area contributed by atoms with Crippen molar-refractivity contribution in [2.45, 2.75) is 25.7 Å². The quantitative estimate of drug-likeness (QED) is 0.798. The largest absolute Gasteiger partial charge is 0.463 e. The number of ether oxygens (including phenoxy) is 1. The summed E-state index contributed by atoms with van der Waals surface area (Å²) in [6.45, 7) is 1.66.